The molecule has 0 radical (unpaired) electrons. The van der Waals surface area contributed by atoms with Gasteiger partial charge in [-0.3, -0.25) is 4.79 Å². The third-order valence-corrected chi connectivity index (χ3v) is 4.62. The van der Waals surface area contributed by atoms with Gasteiger partial charge >= 0.3 is 6.18 Å². The van der Waals surface area contributed by atoms with Crippen molar-refractivity contribution in [2.24, 2.45) is 0 Å². The van der Waals surface area contributed by atoms with Crippen LogP contribution in [-0.2, 0) is 16.7 Å². The van der Waals surface area contributed by atoms with E-state index in [9.17, 15) is 18.0 Å². The second-order valence-electron chi connectivity index (χ2n) is 6.12. The van der Waals surface area contributed by atoms with Gasteiger partial charge in [0.1, 0.15) is 11.6 Å². The zero-order valence-corrected chi connectivity index (χ0v) is 17.2. The summed E-state index contributed by atoms with van der Waals surface area (Å²) in [6.45, 7) is 3.21. The fourth-order valence-corrected chi connectivity index (χ4v) is 3.08. The smallest absolute Gasteiger partial charge is 0.433 e. The molecule has 0 aliphatic heterocycles. The van der Waals surface area contributed by atoms with E-state index in [0.717, 1.165) is 24.2 Å². The van der Waals surface area contributed by atoms with Crippen molar-refractivity contribution in [1.29, 1.82) is 0 Å². The lowest BCUT2D eigenvalue weighted by molar-refractivity contribution is -0.141. The van der Waals surface area contributed by atoms with Crippen LogP contribution in [0.4, 0.5) is 19.0 Å². The lowest BCUT2D eigenvalue weighted by Crippen LogP contribution is -2.26. The summed E-state index contributed by atoms with van der Waals surface area (Å²) in [7, 11) is 3.21. The predicted octanol–water partition coefficient (Wildman–Crippen LogP) is 3.60. The number of hydrogen-bond acceptors (Lipinski definition) is 7. The van der Waals surface area contributed by atoms with Crippen LogP contribution in [0.25, 0.3) is 0 Å². The Kier molecular flexibility index (Phi) is 8.32. The van der Waals surface area contributed by atoms with E-state index in [2.05, 4.69) is 15.3 Å². The maximum Gasteiger partial charge on any atom is 0.433 e. The van der Waals surface area contributed by atoms with E-state index in [4.69, 9.17) is 9.15 Å². The first kappa shape index (κ1) is 23.0. The molecule has 2 aromatic heterocycles. The summed E-state index contributed by atoms with van der Waals surface area (Å²) in [6, 6.07) is 4.04. The largest absolute Gasteiger partial charge is 0.455 e. The monoisotopic (exact) mass is 432 g/mol. The third kappa shape index (κ3) is 6.93. The van der Waals surface area contributed by atoms with Crippen LogP contribution < -0.4 is 10.2 Å². The highest BCUT2D eigenvalue weighted by atomic mass is 32.2. The van der Waals surface area contributed by atoms with E-state index >= 15 is 0 Å². The Balaban J connectivity index is 2.09. The van der Waals surface area contributed by atoms with E-state index < -0.39 is 17.8 Å². The van der Waals surface area contributed by atoms with Gasteiger partial charge in [0.25, 0.3) is 5.91 Å². The van der Waals surface area contributed by atoms with E-state index in [1.54, 1.807) is 18.0 Å². The zero-order valence-electron chi connectivity index (χ0n) is 16.4. The standard InChI is InChI=1S/C18H23F3N4O3S/c1-4-8-25(2)15-10-14(18(19,20)21)23-17(24-15)29-11-12-5-6-13(28-12)16(26)22-7-9-27-3/h5-6,10H,4,7-9,11H2,1-3H3,(H,22,26). The van der Waals surface area contributed by atoms with Crippen LogP contribution in [0.1, 0.15) is 35.4 Å². The Morgan fingerprint density at radius 2 is 2.10 bits per heavy atom. The molecule has 29 heavy (non-hydrogen) atoms. The van der Waals surface area contributed by atoms with Crippen molar-refractivity contribution in [1.82, 2.24) is 15.3 Å². The quantitative estimate of drug-likeness (QED) is 0.349. The summed E-state index contributed by atoms with van der Waals surface area (Å²) in [5, 5.41) is 2.61. The molecule has 0 saturated heterocycles. The molecule has 0 aliphatic carbocycles. The van der Waals surface area contributed by atoms with Crippen molar-refractivity contribution >= 4 is 23.5 Å². The van der Waals surface area contributed by atoms with Crippen LogP contribution in [0.5, 0.6) is 0 Å². The fourth-order valence-electron chi connectivity index (χ4n) is 2.34. The van der Waals surface area contributed by atoms with E-state index in [1.807, 2.05) is 6.92 Å². The minimum absolute atomic E-state index is 0.0136. The van der Waals surface area contributed by atoms with Gasteiger partial charge in [-0.25, -0.2) is 9.97 Å². The van der Waals surface area contributed by atoms with Gasteiger partial charge in [0.15, 0.2) is 16.6 Å². The lowest BCUT2D eigenvalue weighted by atomic mass is 10.3. The number of amides is 1. The molecule has 11 heteroatoms. The number of carbonyl (C=O) groups is 1. The molecule has 160 valence electrons. The molecule has 2 aromatic rings. The molecule has 0 unspecified atom stereocenters. The molecule has 2 rings (SSSR count). The number of anilines is 1. The van der Waals surface area contributed by atoms with Gasteiger partial charge in [-0.2, -0.15) is 13.2 Å². The maximum atomic E-state index is 13.2. The van der Waals surface area contributed by atoms with Crippen molar-refractivity contribution in [3.63, 3.8) is 0 Å². The van der Waals surface area contributed by atoms with Gasteiger partial charge in [-0.05, 0) is 18.6 Å². The highest BCUT2D eigenvalue weighted by Crippen LogP contribution is 2.32. The van der Waals surface area contributed by atoms with E-state index in [1.165, 1.54) is 13.2 Å². The summed E-state index contributed by atoms with van der Waals surface area (Å²) in [4.78, 5) is 21.4. The van der Waals surface area contributed by atoms with Gasteiger partial charge in [-0.15, -0.1) is 0 Å². The van der Waals surface area contributed by atoms with Crippen LogP contribution in [0, 0.1) is 0 Å². The first-order valence-corrected chi connectivity index (χ1v) is 9.89. The molecular formula is C18H23F3N4O3S. The average molecular weight is 432 g/mol. The number of hydrogen-bond donors (Lipinski definition) is 1. The first-order valence-electron chi connectivity index (χ1n) is 8.90. The molecular weight excluding hydrogens is 409 g/mol. The van der Waals surface area contributed by atoms with Crippen LogP contribution in [-0.4, -0.2) is 49.7 Å². The van der Waals surface area contributed by atoms with Crippen LogP contribution >= 0.6 is 11.8 Å². The Morgan fingerprint density at radius 1 is 1.34 bits per heavy atom. The molecule has 0 aromatic carbocycles. The number of rotatable bonds is 10. The summed E-state index contributed by atoms with van der Waals surface area (Å²) >= 11 is 1.01. The Labute approximate surface area is 171 Å². The minimum atomic E-state index is -4.57. The number of alkyl halides is 3. The molecule has 0 spiro atoms. The summed E-state index contributed by atoms with van der Waals surface area (Å²) < 4.78 is 49.9. The highest BCUT2D eigenvalue weighted by molar-refractivity contribution is 7.98. The van der Waals surface area contributed by atoms with Crippen LogP contribution in [0.3, 0.4) is 0 Å². The van der Waals surface area contributed by atoms with E-state index in [0.29, 0.717) is 25.5 Å². The number of methoxy groups -OCH3 is 1. The first-order chi connectivity index (χ1) is 13.7. The maximum absolute atomic E-state index is 13.2. The Morgan fingerprint density at radius 3 is 2.76 bits per heavy atom. The Bertz CT molecular complexity index is 814. The SMILES string of the molecule is CCCN(C)c1cc(C(F)(F)F)nc(SCc2ccc(C(=O)NCCOC)o2)n1. The van der Waals surface area contributed by atoms with Gasteiger partial charge in [-0.1, -0.05) is 18.7 Å². The Hall–Kier alpha value is -2.27. The molecule has 0 fully saturated rings. The van der Waals surface area contributed by atoms with Crippen LogP contribution in [0.15, 0.2) is 27.8 Å². The number of halogens is 3. The highest BCUT2D eigenvalue weighted by Gasteiger charge is 2.34. The van der Waals surface area contributed by atoms with Gasteiger partial charge in [0.05, 0.1) is 12.4 Å². The summed E-state index contributed by atoms with van der Waals surface area (Å²) in [5.41, 5.74) is -0.995. The molecule has 0 atom stereocenters. The van der Waals surface area contributed by atoms with Gasteiger partial charge in [0.2, 0.25) is 0 Å². The number of ether oxygens (including phenoxy) is 1. The van der Waals surface area contributed by atoms with Gasteiger partial charge < -0.3 is 19.4 Å². The number of carbonyl (C=O) groups excluding carboxylic acids is 1. The number of nitrogens with zero attached hydrogens (tertiary/aromatic N) is 3. The number of thioether (sulfide) groups is 1. The minimum Gasteiger partial charge on any atom is -0.455 e. The number of nitrogens with one attached hydrogen (secondary N) is 1. The molecule has 0 aliphatic rings. The van der Waals surface area contributed by atoms with Crippen molar-refractivity contribution < 1.29 is 27.1 Å². The summed E-state index contributed by atoms with van der Waals surface area (Å²) in [5.74, 6) is 0.539. The molecule has 7 nitrogen and oxygen atoms in total. The molecule has 0 saturated carbocycles. The molecule has 1 amide bonds. The zero-order chi connectivity index (χ0) is 21.4. The van der Waals surface area contributed by atoms with Crippen molar-refractivity contribution in [3.8, 4) is 0 Å². The average Bonchev–Trinajstić information content (AvgIpc) is 3.15. The normalized spacial score (nSPS) is 11.5. The molecule has 2 heterocycles. The van der Waals surface area contributed by atoms with Crippen molar-refractivity contribution in [2.75, 3.05) is 38.8 Å². The number of aromatic nitrogens is 2. The third-order valence-electron chi connectivity index (χ3n) is 3.75. The molecule has 0 bridgehead atoms. The lowest BCUT2D eigenvalue weighted by Gasteiger charge is -2.19. The number of furan rings is 1. The van der Waals surface area contributed by atoms with Crippen molar-refractivity contribution in [3.05, 3.63) is 35.4 Å². The van der Waals surface area contributed by atoms with E-state index in [-0.39, 0.29) is 22.5 Å². The predicted molar refractivity (Wildman–Crippen MR) is 103 cm³/mol. The van der Waals surface area contributed by atoms with Crippen molar-refractivity contribution in [2.45, 2.75) is 30.4 Å². The van der Waals surface area contributed by atoms with Crippen LogP contribution in [0.2, 0.25) is 0 Å². The fraction of sp³-hybridized carbons (Fsp3) is 0.500. The second-order valence-corrected chi connectivity index (χ2v) is 7.06. The van der Waals surface area contributed by atoms with Gasteiger partial charge in [0, 0.05) is 33.3 Å². The molecule has 1 N–H and O–H groups in total. The second kappa shape index (κ2) is 10.5. The summed E-state index contributed by atoms with van der Waals surface area (Å²) in [6.07, 6.45) is -3.80. The topological polar surface area (TPSA) is 80.5 Å².